The summed E-state index contributed by atoms with van der Waals surface area (Å²) in [6.07, 6.45) is -0.319. The van der Waals surface area contributed by atoms with Crippen molar-refractivity contribution >= 4 is 6.09 Å². The average molecular weight is 237 g/mol. The minimum Gasteiger partial charge on any atom is -0.491 e. The Balaban J connectivity index is 2.33. The fourth-order valence-electron chi connectivity index (χ4n) is 1.34. The van der Waals surface area contributed by atoms with Crippen LogP contribution in [0.15, 0.2) is 24.3 Å². The Kier molecular flexibility index (Phi) is 5.33. The Bertz CT molecular complexity index is 365. The number of hydrogen-bond acceptors (Lipinski definition) is 3. The van der Waals surface area contributed by atoms with E-state index < -0.39 is 0 Å². The van der Waals surface area contributed by atoms with Gasteiger partial charge in [0.15, 0.2) is 0 Å². The van der Waals surface area contributed by atoms with Crippen molar-refractivity contribution in [3.05, 3.63) is 29.8 Å². The molecule has 4 heteroatoms. The summed E-state index contributed by atoms with van der Waals surface area (Å²) in [7, 11) is 1.69. The predicted octanol–water partition coefficient (Wildman–Crippen LogP) is 2.46. The second-order valence-electron chi connectivity index (χ2n) is 3.73. The molecule has 0 aliphatic carbocycles. The lowest BCUT2D eigenvalue weighted by molar-refractivity contribution is 0.110. The zero-order valence-electron chi connectivity index (χ0n) is 10.6. The minimum absolute atomic E-state index is 0.319. The Hall–Kier alpha value is -1.71. The topological polar surface area (TPSA) is 38.8 Å². The van der Waals surface area contributed by atoms with Crippen molar-refractivity contribution in [2.75, 3.05) is 26.8 Å². The summed E-state index contributed by atoms with van der Waals surface area (Å²) in [5.41, 5.74) is 1.09. The molecule has 0 spiro atoms. The van der Waals surface area contributed by atoms with Gasteiger partial charge in [-0.2, -0.15) is 0 Å². The molecule has 0 atom stereocenters. The van der Waals surface area contributed by atoms with Gasteiger partial charge in [0, 0.05) is 7.05 Å². The number of likely N-dealkylation sites (N-methyl/N-ethyl adjacent to an activating group) is 1. The van der Waals surface area contributed by atoms with Crippen molar-refractivity contribution in [2.24, 2.45) is 0 Å². The number of aryl methyl sites for hydroxylation is 1. The van der Waals surface area contributed by atoms with Gasteiger partial charge >= 0.3 is 6.09 Å². The van der Waals surface area contributed by atoms with E-state index in [1.165, 1.54) is 4.90 Å². The third-order valence-corrected chi connectivity index (χ3v) is 2.36. The van der Waals surface area contributed by atoms with Gasteiger partial charge in [0.25, 0.3) is 0 Å². The average Bonchev–Trinajstić information content (AvgIpc) is 2.31. The largest absolute Gasteiger partial charge is 0.491 e. The first-order chi connectivity index (χ1) is 8.15. The van der Waals surface area contributed by atoms with E-state index in [0.29, 0.717) is 19.8 Å². The number of nitrogens with zero attached hydrogens (tertiary/aromatic N) is 1. The molecule has 0 aliphatic rings. The first kappa shape index (κ1) is 13.4. The molecule has 1 aromatic carbocycles. The van der Waals surface area contributed by atoms with Crippen LogP contribution < -0.4 is 4.74 Å². The van der Waals surface area contributed by atoms with E-state index in [2.05, 4.69) is 0 Å². The van der Waals surface area contributed by atoms with Crippen molar-refractivity contribution in [3.8, 4) is 5.75 Å². The Morgan fingerprint density at radius 2 is 2.06 bits per heavy atom. The van der Waals surface area contributed by atoms with Crippen LogP contribution in [-0.4, -0.2) is 37.8 Å². The van der Waals surface area contributed by atoms with Crippen LogP contribution in [-0.2, 0) is 4.74 Å². The molecule has 94 valence electrons. The summed E-state index contributed by atoms with van der Waals surface area (Å²) in [5, 5.41) is 0. The first-order valence-corrected chi connectivity index (χ1v) is 5.71. The van der Waals surface area contributed by atoms with Gasteiger partial charge in [-0.25, -0.2) is 4.79 Å². The fourth-order valence-corrected chi connectivity index (χ4v) is 1.34. The van der Waals surface area contributed by atoms with Crippen molar-refractivity contribution in [3.63, 3.8) is 0 Å². The molecule has 0 saturated heterocycles. The summed E-state index contributed by atoms with van der Waals surface area (Å²) >= 11 is 0. The monoisotopic (exact) mass is 237 g/mol. The Morgan fingerprint density at radius 3 is 2.71 bits per heavy atom. The number of carbonyl (C=O) groups excluding carboxylic acids is 1. The Morgan fingerprint density at radius 1 is 1.35 bits per heavy atom. The van der Waals surface area contributed by atoms with Crippen LogP contribution in [0.25, 0.3) is 0 Å². The van der Waals surface area contributed by atoms with Gasteiger partial charge in [-0.1, -0.05) is 18.2 Å². The molecule has 0 bridgehead atoms. The van der Waals surface area contributed by atoms with Crippen LogP contribution in [0.3, 0.4) is 0 Å². The van der Waals surface area contributed by atoms with Crippen LogP contribution in [0.5, 0.6) is 5.75 Å². The van der Waals surface area contributed by atoms with Crippen molar-refractivity contribution < 1.29 is 14.3 Å². The van der Waals surface area contributed by atoms with E-state index in [-0.39, 0.29) is 6.09 Å². The van der Waals surface area contributed by atoms with Crippen molar-refractivity contribution in [2.45, 2.75) is 13.8 Å². The lowest BCUT2D eigenvalue weighted by atomic mass is 10.2. The van der Waals surface area contributed by atoms with E-state index in [0.717, 1.165) is 11.3 Å². The van der Waals surface area contributed by atoms with Crippen LogP contribution >= 0.6 is 0 Å². The third kappa shape index (κ3) is 4.34. The van der Waals surface area contributed by atoms with Gasteiger partial charge in [0.1, 0.15) is 12.4 Å². The second kappa shape index (κ2) is 6.78. The number of hydrogen-bond donors (Lipinski definition) is 0. The zero-order chi connectivity index (χ0) is 12.7. The quantitative estimate of drug-likeness (QED) is 0.789. The van der Waals surface area contributed by atoms with Gasteiger partial charge in [-0.15, -0.1) is 0 Å². The molecule has 0 aromatic heterocycles. The summed E-state index contributed by atoms with van der Waals surface area (Å²) in [4.78, 5) is 12.8. The van der Waals surface area contributed by atoms with Crippen LogP contribution in [0.4, 0.5) is 4.79 Å². The molecule has 1 aromatic rings. The normalized spacial score (nSPS) is 9.82. The SMILES string of the molecule is CCOC(=O)N(C)CCOc1ccccc1C. The molecule has 0 heterocycles. The number of rotatable bonds is 5. The van der Waals surface area contributed by atoms with Crippen LogP contribution in [0.1, 0.15) is 12.5 Å². The van der Waals surface area contributed by atoms with Gasteiger partial charge in [-0.05, 0) is 25.5 Å². The number of carbonyl (C=O) groups is 1. The highest BCUT2D eigenvalue weighted by molar-refractivity contribution is 5.67. The maximum absolute atomic E-state index is 11.3. The predicted molar refractivity (Wildman–Crippen MR) is 66.3 cm³/mol. The lowest BCUT2D eigenvalue weighted by Gasteiger charge is -2.17. The molecule has 0 unspecified atom stereocenters. The fraction of sp³-hybridized carbons (Fsp3) is 0.462. The second-order valence-corrected chi connectivity index (χ2v) is 3.73. The van der Waals surface area contributed by atoms with Gasteiger partial charge in [-0.3, -0.25) is 0 Å². The molecular weight excluding hydrogens is 218 g/mol. The maximum atomic E-state index is 11.3. The van der Waals surface area contributed by atoms with E-state index in [1.807, 2.05) is 31.2 Å². The molecular formula is C13H19NO3. The lowest BCUT2D eigenvalue weighted by Crippen LogP contribution is -2.31. The minimum atomic E-state index is -0.319. The van der Waals surface area contributed by atoms with Gasteiger partial charge in [0.05, 0.1) is 13.2 Å². The molecule has 17 heavy (non-hydrogen) atoms. The Labute approximate surface area is 102 Å². The van der Waals surface area contributed by atoms with Crippen molar-refractivity contribution in [1.82, 2.24) is 4.90 Å². The zero-order valence-corrected chi connectivity index (χ0v) is 10.6. The van der Waals surface area contributed by atoms with Gasteiger partial charge in [0.2, 0.25) is 0 Å². The molecule has 0 N–H and O–H groups in total. The third-order valence-electron chi connectivity index (χ3n) is 2.36. The number of amides is 1. The summed E-state index contributed by atoms with van der Waals surface area (Å²) in [5.74, 6) is 0.852. The highest BCUT2D eigenvalue weighted by Gasteiger charge is 2.08. The van der Waals surface area contributed by atoms with Crippen molar-refractivity contribution in [1.29, 1.82) is 0 Å². The molecule has 0 aliphatic heterocycles. The number of para-hydroxylation sites is 1. The summed E-state index contributed by atoms with van der Waals surface area (Å²) < 4.78 is 10.4. The summed E-state index contributed by atoms with van der Waals surface area (Å²) in [6, 6.07) is 7.80. The van der Waals surface area contributed by atoms with E-state index in [9.17, 15) is 4.79 Å². The smallest absolute Gasteiger partial charge is 0.409 e. The van der Waals surface area contributed by atoms with Crippen LogP contribution in [0, 0.1) is 6.92 Å². The van der Waals surface area contributed by atoms with E-state index in [1.54, 1.807) is 14.0 Å². The molecule has 4 nitrogen and oxygen atoms in total. The molecule has 0 saturated carbocycles. The van der Waals surface area contributed by atoms with Crippen LogP contribution in [0.2, 0.25) is 0 Å². The molecule has 0 radical (unpaired) electrons. The molecule has 1 amide bonds. The standard InChI is InChI=1S/C13H19NO3/c1-4-16-13(15)14(3)9-10-17-12-8-6-5-7-11(12)2/h5-8H,4,9-10H2,1-3H3. The highest BCUT2D eigenvalue weighted by atomic mass is 16.6. The first-order valence-electron chi connectivity index (χ1n) is 5.71. The van der Waals surface area contributed by atoms with Gasteiger partial charge < -0.3 is 14.4 Å². The number of ether oxygens (including phenoxy) is 2. The number of benzene rings is 1. The molecule has 0 fully saturated rings. The maximum Gasteiger partial charge on any atom is 0.409 e. The van der Waals surface area contributed by atoms with E-state index in [4.69, 9.17) is 9.47 Å². The van der Waals surface area contributed by atoms with E-state index >= 15 is 0 Å². The summed E-state index contributed by atoms with van der Waals surface area (Å²) in [6.45, 7) is 5.13. The highest BCUT2D eigenvalue weighted by Crippen LogP contribution is 2.15. The molecule has 1 rings (SSSR count).